The van der Waals surface area contributed by atoms with Crippen LogP contribution in [0, 0.1) is 0 Å². The number of carbonyl (C=O) groups is 1. The highest BCUT2D eigenvalue weighted by Gasteiger charge is 2.19. The number of anilines is 1. The summed E-state index contributed by atoms with van der Waals surface area (Å²) in [6, 6.07) is 5.18. The number of nitrogens with two attached hydrogens (primary N) is 1. The third-order valence-electron chi connectivity index (χ3n) is 2.94. The van der Waals surface area contributed by atoms with Gasteiger partial charge in [0.05, 0.1) is 11.9 Å². The van der Waals surface area contributed by atoms with Gasteiger partial charge in [-0.05, 0) is 17.7 Å². The molecule has 1 aromatic heterocycles. The molecule has 0 aliphatic carbocycles. The van der Waals surface area contributed by atoms with Crippen LogP contribution >= 0.6 is 23.2 Å². The lowest BCUT2D eigenvalue weighted by Crippen LogP contribution is -2.28. The Morgan fingerprint density at radius 2 is 2.15 bits per heavy atom. The molecule has 5 nitrogen and oxygen atoms in total. The van der Waals surface area contributed by atoms with Gasteiger partial charge in [-0.25, -0.2) is 0 Å². The average Bonchev–Trinajstić information content (AvgIpc) is 2.71. The fraction of sp³-hybridized carbons (Fsp3) is 0.231. The Morgan fingerprint density at radius 3 is 2.70 bits per heavy atom. The standard InChI is InChI=1S/C13H14Cl2N4O/c1-18(7-8-3-4-9(14)5-10(8)15)13(20)12-11(16)6-17-19(12)2/h3-6H,7,16H2,1-2H3. The SMILES string of the molecule is CN(Cc1ccc(Cl)cc1Cl)C(=O)c1c(N)cnn1C. The number of carbonyl (C=O) groups excluding carboxylic acids is 1. The molecule has 0 fully saturated rings. The molecule has 1 amide bonds. The summed E-state index contributed by atoms with van der Waals surface area (Å²) in [6.45, 7) is 0.361. The van der Waals surface area contributed by atoms with Gasteiger partial charge in [-0.1, -0.05) is 29.3 Å². The Kier molecular flexibility index (Phi) is 4.20. The maximum atomic E-state index is 12.3. The number of amides is 1. The number of benzene rings is 1. The molecule has 2 rings (SSSR count). The first kappa shape index (κ1) is 14.7. The Hall–Kier alpha value is -1.72. The van der Waals surface area contributed by atoms with Crippen LogP contribution in [0.1, 0.15) is 16.1 Å². The van der Waals surface area contributed by atoms with Crippen molar-refractivity contribution in [1.29, 1.82) is 0 Å². The van der Waals surface area contributed by atoms with E-state index in [1.165, 1.54) is 15.8 Å². The van der Waals surface area contributed by atoms with Gasteiger partial charge in [-0.3, -0.25) is 9.48 Å². The van der Waals surface area contributed by atoms with E-state index in [0.717, 1.165) is 5.56 Å². The molecule has 2 N–H and O–H groups in total. The predicted octanol–water partition coefficient (Wildman–Crippen LogP) is 2.58. The molecule has 0 spiro atoms. The van der Waals surface area contributed by atoms with E-state index in [2.05, 4.69) is 5.10 Å². The molecule has 0 atom stereocenters. The van der Waals surface area contributed by atoms with Gasteiger partial charge >= 0.3 is 0 Å². The fourth-order valence-corrected chi connectivity index (χ4v) is 2.34. The largest absolute Gasteiger partial charge is 0.396 e. The molecular weight excluding hydrogens is 299 g/mol. The quantitative estimate of drug-likeness (QED) is 0.947. The minimum atomic E-state index is -0.214. The first-order valence-electron chi connectivity index (χ1n) is 5.87. The average molecular weight is 313 g/mol. The smallest absolute Gasteiger partial charge is 0.274 e. The maximum Gasteiger partial charge on any atom is 0.274 e. The van der Waals surface area contributed by atoms with Crippen LogP contribution in [0.3, 0.4) is 0 Å². The van der Waals surface area contributed by atoms with Crippen LogP contribution in [0.4, 0.5) is 5.69 Å². The minimum Gasteiger partial charge on any atom is -0.396 e. The molecular formula is C13H14Cl2N4O. The summed E-state index contributed by atoms with van der Waals surface area (Å²) in [6.07, 6.45) is 1.45. The van der Waals surface area contributed by atoms with E-state index in [1.807, 2.05) is 0 Å². The number of nitrogen functional groups attached to an aromatic ring is 1. The second kappa shape index (κ2) is 5.73. The molecule has 1 aromatic carbocycles. The van der Waals surface area contributed by atoms with E-state index in [4.69, 9.17) is 28.9 Å². The second-order valence-corrected chi connectivity index (χ2v) is 5.31. The van der Waals surface area contributed by atoms with Crippen molar-refractivity contribution in [3.63, 3.8) is 0 Å². The second-order valence-electron chi connectivity index (χ2n) is 4.47. The third-order valence-corrected chi connectivity index (χ3v) is 3.53. The maximum absolute atomic E-state index is 12.3. The highest BCUT2D eigenvalue weighted by Crippen LogP contribution is 2.23. The normalized spacial score (nSPS) is 10.6. The van der Waals surface area contributed by atoms with Crippen molar-refractivity contribution in [2.45, 2.75) is 6.54 Å². The van der Waals surface area contributed by atoms with Crippen LogP contribution in [0.25, 0.3) is 0 Å². The van der Waals surface area contributed by atoms with Gasteiger partial charge in [0, 0.05) is 30.7 Å². The number of hydrogen-bond donors (Lipinski definition) is 1. The zero-order valence-corrected chi connectivity index (χ0v) is 12.6. The molecule has 20 heavy (non-hydrogen) atoms. The highest BCUT2D eigenvalue weighted by atomic mass is 35.5. The van der Waals surface area contributed by atoms with Crippen molar-refractivity contribution in [2.75, 3.05) is 12.8 Å². The van der Waals surface area contributed by atoms with Crippen LogP contribution in [0.15, 0.2) is 24.4 Å². The number of nitrogens with zero attached hydrogens (tertiary/aromatic N) is 3. The Labute approximate surface area is 126 Å². The lowest BCUT2D eigenvalue weighted by molar-refractivity contribution is 0.0775. The third kappa shape index (κ3) is 2.89. The summed E-state index contributed by atoms with van der Waals surface area (Å²) in [5.41, 5.74) is 7.27. The monoisotopic (exact) mass is 312 g/mol. The molecule has 1 heterocycles. The van der Waals surface area contributed by atoms with Gasteiger partial charge in [-0.15, -0.1) is 0 Å². The van der Waals surface area contributed by atoms with Gasteiger partial charge in [0.1, 0.15) is 5.69 Å². The van der Waals surface area contributed by atoms with Gasteiger partial charge in [0.25, 0.3) is 5.91 Å². The molecule has 0 aliphatic heterocycles. The van der Waals surface area contributed by atoms with Crippen LogP contribution < -0.4 is 5.73 Å². The molecule has 0 unspecified atom stereocenters. The van der Waals surface area contributed by atoms with Crippen LogP contribution in [-0.2, 0) is 13.6 Å². The van der Waals surface area contributed by atoms with E-state index in [1.54, 1.807) is 32.3 Å². The van der Waals surface area contributed by atoms with E-state index in [-0.39, 0.29) is 5.91 Å². The number of aryl methyl sites for hydroxylation is 1. The number of halogens is 2. The van der Waals surface area contributed by atoms with Crippen LogP contribution in [-0.4, -0.2) is 27.6 Å². The molecule has 2 aromatic rings. The summed E-state index contributed by atoms with van der Waals surface area (Å²) in [7, 11) is 3.35. The summed E-state index contributed by atoms with van der Waals surface area (Å²) in [5, 5.41) is 5.04. The highest BCUT2D eigenvalue weighted by molar-refractivity contribution is 6.35. The van der Waals surface area contributed by atoms with E-state index in [0.29, 0.717) is 28.0 Å². The molecule has 0 saturated carbocycles. The number of hydrogen-bond acceptors (Lipinski definition) is 3. The van der Waals surface area contributed by atoms with Crippen molar-refractivity contribution in [2.24, 2.45) is 7.05 Å². The van der Waals surface area contributed by atoms with Gasteiger partial charge in [0.15, 0.2) is 0 Å². The van der Waals surface area contributed by atoms with Crippen LogP contribution in [0.2, 0.25) is 10.0 Å². The van der Waals surface area contributed by atoms with E-state index >= 15 is 0 Å². The molecule has 0 radical (unpaired) electrons. The van der Waals surface area contributed by atoms with E-state index in [9.17, 15) is 4.79 Å². The number of rotatable bonds is 3. The summed E-state index contributed by atoms with van der Waals surface area (Å²) in [5.74, 6) is -0.214. The van der Waals surface area contributed by atoms with Gasteiger partial charge in [0.2, 0.25) is 0 Å². The molecule has 0 aliphatic rings. The Bertz CT molecular complexity index is 634. The van der Waals surface area contributed by atoms with E-state index < -0.39 is 0 Å². The van der Waals surface area contributed by atoms with Gasteiger partial charge < -0.3 is 10.6 Å². The van der Waals surface area contributed by atoms with Crippen LogP contribution in [0.5, 0.6) is 0 Å². The van der Waals surface area contributed by atoms with Crippen molar-refractivity contribution in [1.82, 2.24) is 14.7 Å². The van der Waals surface area contributed by atoms with Gasteiger partial charge in [-0.2, -0.15) is 5.10 Å². The Morgan fingerprint density at radius 1 is 1.45 bits per heavy atom. The first-order chi connectivity index (χ1) is 9.40. The minimum absolute atomic E-state index is 0.214. The summed E-state index contributed by atoms with van der Waals surface area (Å²) in [4.78, 5) is 13.9. The molecule has 7 heteroatoms. The fourth-order valence-electron chi connectivity index (χ4n) is 1.87. The topological polar surface area (TPSA) is 64.2 Å². The zero-order chi connectivity index (χ0) is 14.9. The lowest BCUT2D eigenvalue weighted by atomic mass is 10.2. The van der Waals surface area contributed by atoms with Crippen molar-refractivity contribution < 1.29 is 4.79 Å². The molecule has 0 bridgehead atoms. The zero-order valence-electron chi connectivity index (χ0n) is 11.1. The summed E-state index contributed by atoms with van der Waals surface area (Å²) >= 11 is 11.9. The number of aromatic nitrogens is 2. The summed E-state index contributed by atoms with van der Waals surface area (Å²) < 4.78 is 1.46. The molecule has 0 saturated heterocycles. The predicted molar refractivity (Wildman–Crippen MR) is 79.9 cm³/mol. The van der Waals surface area contributed by atoms with Crippen molar-refractivity contribution in [3.8, 4) is 0 Å². The van der Waals surface area contributed by atoms with Crippen molar-refractivity contribution in [3.05, 3.63) is 45.7 Å². The van der Waals surface area contributed by atoms with Crippen molar-refractivity contribution >= 4 is 34.8 Å². The molecule has 106 valence electrons. The lowest BCUT2D eigenvalue weighted by Gasteiger charge is -2.18. The Balaban J connectivity index is 2.20. The first-order valence-corrected chi connectivity index (χ1v) is 6.62.